The molecule has 0 bridgehead atoms. The van der Waals surface area contributed by atoms with E-state index in [1.54, 1.807) is 24.3 Å². The Morgan fingerprint density at radius 3 is 2.69 bits per heavy atom. The van der Waals surface area contributed by atoms with Crippen molar-refractivity contribution in [3.05, 3.63) is 59.5 Å². The predicted octanol–water partition coefficient (Wildman–Crippen LogP) is 3.77. The third kappa shape index (κ3) is 4.64. The second kappa shape index (κ2) is 8.70. The highest BCUT2D eigenvalue weighted by atomic mass is 19.4. The zero-order chi connectivity index (χ0) is 22.9. The number of nitrogens with one attached hydrogen (secondary N) is 1. The summed E-state index contributed by atoms with van der Waals surface area (Å²) < 4.78 is 40.8. The second-order valence-corrected chi connectivity index (χ2v) is 7.93. The summed E-state index contributed by atoms with van der Waals surface area (Å²) in [6, 6.07) is 9.10. The number of pyridine rings is 1. The van der Waals surface area contributed by atoms with Gasteiger partial charge in [0.25, 0.3) is 0 Å². The molecule has 3 aromatic rings. The van der Waals surface area contributed by atoms with E-state index < -0.39 is 11.7 Å². The number of hydrogen-bond donors (Lipinski definition) is 1. The Bertz CT molecular complexity index is 1160. The number of rotatable bonds is 5. The SMILES string of the molecule is CC(=O)c1ccccc1NC(=O)CN1CCC[C@H](c2nnc3ccc(C(F)(F)F)cn23)C1. The van der Waals surface area contributed by atoms with Crippen LogP contribution in [-0.2, 0) is 11.0 Å². The molecule has 1 N–H and O–H groups in total. The normalized spacial score (nSPS) is 17.4. The van der Waals surface area contributed by atoms with Crippen molar-refractivity contribution in [3.8, 4) is 0 Å². The number of benzene rings is 1. The second-order valence-electron chi connectivity index (χ2n) is 7.93. The van der Waals surface area contributed by atoms with Gasteiger partial charge in [-0.15, -0.1) is 10.2 Å². The Labute approximate surface area is 182 Å². The van der Waals surface area contributed by atoms with Crippen LogP contribution in [0.25, 0.3) is 5.65 Å². The van der Waals surface area contributed by atoms with Gasteiger partial charge in [-0.25, -0.2) is 0 Å². The Balaban J connectivity index is 1.47. The van der Waals surface area contributed by atoms with Gasteiger partial charge >= 0.3 is 6.18 Å². The molecule has 1 atom stereocenters. The molecule has 1 aliphatic heterocycles. The van der Waals surface area contributed by atoms with Gasteiger partial charge in [-0.1, -0.05) is 12.1 Å². The first-order chi connectivity index (χ1) is 15.2. The first kappa shape index (κ1) is 21.9. The number of fused-ring (bicyclic) bond motifs is 1. The molecular weight excluding hydrogens is 423 g/mol. The number of aromatic nitrogens is 3. The largest absolute Gasteiger partial charge is 0.417 e. The molecule has 0 radical (unpaired) electrons. The fourth-order valence-electron chi connectivity index (χ4n) is 4.06. The molecule has 10 heteroatoms. The van der Waals surface area contributed by atoms with Gasteiger partial charge in [0.1, 0.15) is 5.82 Å². The average molecular weight is 445 g/mol. The van der Waals surface area contributed by atoms with Crippen molar-refractivity contribution in [2.45, 2.75) is 31.9 Å². The third-order valence-corrected chi connectivity index (χ3v) is 5.57. The number of halogens is 3. The number of nitrogens with zero attached hydrogens (tertiary/aromatic N) is 4. The van der Waals surface area contributed by atoms with Crippen LogP contribution in [0.15, 0.2) is 42.6 Å². The van der Waals surface area contributed by atoms with Gasteiger partial charge in [-0.05, 0) is 50.6 Å². The quantitative estimate of drug-likeness (QED) is 0.605. The summed E-state index contributed by atoms with van der Waals surface area (Å²) in [5, 5.41) is 10.9. The van der Waals surface area contributed by atoms with Crippen molar-refractivity contribution in [1.29, 1.82) is 0 Å². The van der Waals surface area contributed by atoms with E-state index in [0.29, 0.717) is 35.8 Å². The van der Waals surface area contributed by atoms with Crippen molar-refractivity contribution < 1.29 is 22.8 Å². The Kier molecular flexibility index (Phi) is 5.96. The van der Waals surface area contributed by atoms with Crippen LogP contribution in [0.3, 0.4) is 0 Å². The van der Waals surface area contributed by atoms with Gasteiger partial charge < -0.3 is 5.32 Å². The first-order valence-electron chi connectivity index (χ1n) is 10.3. The number of alkyl halides is 3. The zero-order valence-electron chi connectivity index (χ0n) is 17.4. The molecule has 1 aliphatic rings. The monoisotopic (exact) mass is 445 g/mol. The van der Waals surface area contributed by atoms with Gasteiger partial charge in [-0.2, -0.15) is 13.2 Å². The molecule has 1 saturated heterocycles. The highest BCUT2D eigenvalue weighted by Gasteiger charge is 2.32. The minimum absolute atomic E-state index is 0.104. The van der Waals surface area contributed by atoms with Crippen molar-refractivity contribution in [1.82, 2.24) is 19.5 Å². The van der Waals surface area contributed by atoms with Gasteiger partial charge in [0, 0.05) is 24.2 Å². The van der Waals surface area contributed by atoms with E-state index in [1.165, 1.54) is 17.4 Å². The van der Waals surface area contributed by atoms with Gasteiger partial charge in [0.2, 0.25) is 5.91 Å². The van der Waals surface area contributed by atoms with Crippen molar-refractivity contribution in [2.75, 3.05) is 25.0 Å². The topological polar surface area (TPSA) is 79.6 Å². The summed E-state index contributed by atoms with van der Waals surface area (Å²) in [6.07, 6.45) is -1.92. The van der Waals surface area contributed by atoms with Crippen LogP contribution < -0.4 is 5.32 Å². The lowest BCUT2D eigenvalue weighted by Gasteiger charge is -2.31. The number of carbonyl (C=O) groups excluding carboxylic acids is 2. The predicted molar refractivity (Wildman–Crippen MR) is 111 cm³/mol. The summed E-state index contributed by atoms with van der Waals surface area (Å²) in [5.41, 5.74) is 0.486. The maximum atomic E-state index is 13.1. The molecule has 3 heterocycles. The highest BCUT2D eigenvalue weighted by molar-refractivity contribution is 6.04. The van der Waals surface area contributed by atoms with E-state index in [0.717, 1.165) is 25.1 Å². The molecule has 32 heavy (non-hydrogen) atoms. The van der Waals surface area contributed by atoms with Crippen molar-refractivity contribution in [3.63, 3.8) is 0 Å². The number of hydrogen-bond acceptors (Lipinski definition) is 5. The molecule has 2 aromatic heterocycles. The number of piperidine rings is 1. The van der Waals surface area contributed by atoms with Crippen LogP contribution in [0.2, 0.25) is 0 Å². The maximum Gasteiger partial charge on any atom is 0.417 e. The number of likely N-dealkylation sites (tertiary alicyclic amines) is 1. The zero-order valence-corrected chi connectivity index (χ0v) is 17.4. The summed E-state index contributed by atoms with van der Waals surface area (Å²) >= 11 is 0. The highest BCUT2D eigenvalue weighted by Crippen LogP contribution is 2.31. The van der Waals surface area contributed by atoms with E-state index in [-0.39, 0.29) is 24.2 Å². The van der Waals surface area contributed by atoms with E-state index in [2.05, 4.69) is 15.5 Å². The number of amides is 1. The lowest BCUT2D eigenvalue weighted by molar-refractivity contribution is -0.137. The Morgan fingerprint density at radius 2 is 1.94 bits per heavy atom. The standard InChI is InChI=1S/C22H22F3N5O2/c1-14(31)17-6-2-3-7-18(17)26-20(32)13-29-10-4-5-15(11-29)21-28-27-19-9-8-16(12-30(19)21)22(23,24)25/h2-3,6-9,12,15H,4-5,10-11,13H2,1H3,(H,26,32)/t15-/m0/s1. The molecule has 168 valence electrons. The molecular formula is C22H22F3N5O2. The van der Waals surface area contributed by atoms with Crippen LogP contribution in [0, 0.1) is 0 Å². The van der Waals surface area contributed by atoms with E-state index in [4.69, 9.17) is 0 Å². The van der Waals surface area contributed by atoms with E-state index >= 15 is 0 Å². The average Bonchev–Trinajstić information content (AvgIpc) is 3.17. The molecule has 0 unspecified atom stereocenters. The smallest absolute Gasteiger partial charge is 0.324 e. The molecule has 4 rings (SSSR count). The number of anilines is 1. The summed E-state index contributed by atoms with van der Waals surface area (Å²) in [7, 11) is 0. The van der Waals surface area contributed by atoms with Gasteiger partial charge in [0.05, 0.1) is 17.8 Å². The summed E-state index contributed by atoms with van der Waals surface area (Å²) in [5.74, 6) is -0.0988. The van der Waals surface area contributed by atoms with Crippen molar-refractivity contribution in [2.24, 2.45) is 0 Å². The lowest BCUT2D eigenvalue weighted by atomic mass is 9.97. The third-order valence-electron chi connectivity index (χ3n) is 5.57. The molecule has 1 fully saturated rings. The van der Waals surface area contributed by atoms with Gasteiger partial charge in [-0.3, -0.25) is 18.9 Å². The number of carbonyl (C=O) groups is 2. The molecule has 1 amide bonds. The minimum Gasteiger partial charge on any atom is -0.324 e. The first-order valence-corrected chi connectivity index (χ1v) is 10.3. The molecule has 7 nitrogen and oxygen atoms in total. The maximum absolute atomic E-state index is 13.1. The Morgan fingerprint density at radius 1 is 1.16 bits per heavy atom. The van der Waals surface area contributed by atoms with E-state index in [1.807, 2.05) is 4.90 Å². The molecule has 0 aliphatic carbocycles. The minimum atomic E-state index is -4.46. The molecule has 0 spiro atoms. The number of para-hydroxylation sites is 1. The van der Waals surface area contributed by atoms with Crippen LogP contribution in [-0.4, -0.2) is 50.8 Å². The van der Waals surface area contributed by atoms with Gasteiger partial charge in [0.15, 0.2) is 11.4 Å². The lowest BCUT2D eigenvalue weighted by Crippen LogP contribution is -2.40. The van der Waals surface area contributed by atoms with E-state index in [9.17, 15) is 22.8 Å². The fourth-order valence-corrected chi connectivity index (χ4v) is 4.06. The number of Topliss-reactive ketones (excluding diaryl/α,β-unsaturated/α-hetero) is 1. The number of ketones is 1. The fraction of sp³-hybridized carbons (Fsp3) is 0.364. The van der Waals surface area contributed by atoms with Crippen molar-refractivity contribution >= 4 is 23.0 Å². The van der Waals surface area contributed by atoms with Crippen LogP contribution in [0.4, 0.5) is 18.9 Å². The Hall–Kier alpha value is -3.27. The molecule has 1 aromatic carbocycles. The molecule has 0 saturated carbocycles. The van der Waals surface area contributed by atoms with Crippen LogP contribution >= 0.6 is 0 Å². The summed E-state index contributed by atoms with van der Waals surface area (Å²) in [4.78, 5) is 26.3. The van der Waals surface area contributed by atoms with Crippen LogP contribution in [0.5, 0.6) is 0 Å². The summed E-state index contributed by atoms with van der Waals surface area (Å²) in [6.45, 7) is 2.70. The van der Waals surface area contributed by atoms with Crippen LogP contribution in [0.1, 0.15) is 47.4 Å².